The molecule has 0 saturated heterocycles. The van der Waals surface area contributed by atoms with Crippen molar-refractivity contribution in [1.29, 1.82) is 0 Å². The summed E-state index contributed by atoms with van der Waals surface area (Å²) in [5.41, 5.74) is 3.67. The van der Waals surface area contributed by atoms with Gasteiger partial charge in [-0.05, 0) is 81.8 Å². The number of rotatable bonds is 8. The Labute approximate surface area is 196 Å². The fraction of sp³-hybridized carbons (Fsp3) is 0.652. The first kappa shape index (κ1) is 25.0. The summed E-state index contributed by atoms with van der Waals surface area (Å²) < 4.78 is 70.3. The van der Waals surface area contributed by atoms with E-state index in [1.54, 1.807) is 0 Å². The molecule has 5 rings (SSSR count). The van der Waals surface area contributed by atoms with Gasteiger partial charge in [-0.25, -0.2) is 8.42 Å². The molecule has 2 atom stereocenters. The standard InChI is InChI=1S/C23H29F3N2O5S/c1-21(2,28-34(31,32)18-6-4-3-5-17(18)33-23(24,25)26)19(29)9-16-14-7-13-8-15(16)12-22(10-13,11-14)20(27)30/h3-6,13-16,28H,7-12H2,1-2H3,(H2,27,30). The Balaban J connectivity index is 1.49. The second-order valence-electron chi connectivity index (χ2n) is 10.6. The number of carbonyl (C=O) groups is 2. The normalized spacial score (nSPS) is 30.9. The Morgan fingerprint density at radius 1 is 1.12 bits per heavy atom. The molecule has 4 fully saturated rings. The number of Topliss-reactive ketones (excluding diaryl/α,β-unsaturated/α-hetero) is 1. The molecule has 7 nitrogen and oxygen atoms in total. The van der Waals surface area contributed by atoms with Crippen LogP contribution in [0.5, 0.6) is 5.75 Å². The van der Waals surface area contributed by atoms with Crippen LogP contribution in [-0.2, 0) is 19.6 Å². The van der Waals surface area contributed by atoms with Crippen LogP contribution in [0.25, 0.3) is 0 Å². The number of primary amides is 1. The number of carbonyl (C=O) groups excluding carboxylic acids is 2. The van der Waals surface area contributed by atoms with Crippen molar-refractivity contribution in [3.63, 3.8) is 0 Å². The lowest BCUT2D eigenvalue weighted by Gasteiger charge is -2.59. The van der Waals surface area contributed by atoms with Crippen LogP contribution in [0.4, 0.5) is 13.2 Å². The van der Waals surface area contributed by atoms with E-state index in [0.717, 1.165) is 31.4 Å². The second kappa shape index (κ2) is 8.22. The zero-order valence-corrected chi connectivity index (χ0v) is 19.8. The lowest BCUT2D eigenvalue weighted by Crippen LogP contribution is -2.57. The number of para-hydroxylation sites is 1. The minimum Gasteiger partial charge on any atom is -0.404 e. The molecule has 4 bridgehead atoms. The Morgan fingerprint density at radius 3 is 2.26 bits per heavy atom. The molecular formula is C23H29F3N2O5S. The van der Waals surface area contributed by atoms with Gasteiger partial charge in [0.1, 0.15) is 10.6 Å². The van der Waals surface area contributed by atoms with E-state index in [0.29, 0.717) is 18.8 Å². The van der Waals surface area contributed by atoms with Gasteiger partial charge < -0.3 is 10.5 Å². The Hall–Kier alpha value is -2.14. The van der Waals surface area contributed by atoms with Gasteiger partial charge in [0.15, 0.2) is 5.78 Å². The number of halogens is 3. The molecule has 0 radical (unpaired) electrons. The number of ketones is 1. The predicted molar refractivity (Wildman–Crippen MR) is 116 cm³/mol. The molecule has 0 heterocycles. The summed E-state index contributed by atoms with van der Waals surface area (Å²) in [4.78, 5) is 24.7. The smallest absolute Gasteiger partial charge is 0.404 e. The molecule has 4 aliphatic rings. The summed E-state index contributed by atoms with van der Waals surface area (Å²) in [6.45, 7) is 2.81. The highest BCUT2D eigenvalue weighted by molar-refractivity contribution is 7.89. The molecule has 2 unspecified atom stereocenters. The number of amides is 1. The molecule has 0 aliphatic heterocycles. The highest BCUT2D eigenvalue weighted by atomic mass is 32.2. The van der Waals surface area contributed by atoms with E-state index in [1.165, 1.54) is 26.0 Å². The first-order chi connectivity index (χ1) is 15.6. The number of alkyl halides is 3. The number of nitrogens with one attached hydrogen (secondary N) is 1. The molecule has 1 amide bonds. The van der Waals surface area contributed by atoms with E-state index < -0.39 is 38.0 Å². The lowest BCUT2D eigenvalue weighted by molar-refractivity contribution is -0.275. The Kier molecular flexibility index (Phi) is 6.04. The highest BCUT2D eigenvalue weighted by Gasteiger charge is 2.58. The van der Waals surface area contributed by atoms with Gasteiger partial charge in [-0.1, -0.05) is 12.1 Å². The number of nitrogens with two attached hydrogens (primary N) is 1. The van der Waals surface area contributed by atoms with Crippen LogP contribution in [0.1, 0.15) is 52.4 Å². The van der Waals surface area contributed by atoms with E-state index in [4.69, 9.17) is 5.73 Å². The van der Waals surface area contributed by atoms with Crippen LogP contribution in [0.2, 0.25) is 0 Å². The molecule has 11 heteroatoms. The SMILES string of the molecule is CC(C)(NS(=O)(=O)c1ccccc1OC(F)(F)F)C(=O)CC1C2CC3CC1CC(C(N)=O)(C3)C2. The van der Waals surface area contributed by atoms with E-state index >= 15 is 0 Å². The van der Waals surface area contributed by atoms with Gasteiger partial charge in [0.05, 0.1) is 5.54 Å². The number of sulfonamides is 1. The maximum Gasteiger partial charge on any atom is 0.573 e. The topological polar surface area (TPSA) is 116 Å². The van der Waals surface area contributed by atoms with Crippen LogP contribution in [-0.4, -0.2) is 32.0 Å². The Bertz CT molecular complexity index is 1090. The molecule has 1 aromatic rings. The van der Waals surface area contributed by atoms with Crippen molar-refractivity contribution < 1.29 is 35.9 Å². The average molecular weight is 503 g/mol. The summed E-state index contributed by atoms with van der Waals surface area (Å²) in [7, 11) is -4.51. The van der Waals surface area contributed by atoms with Crippen molar-refractivity contribution >= 4 is 21.7 Å². The third kappa shape index (κ3) is 4.68. The van der Waals surface area contributed by atoms with Crippen LogP contribution >= 0.6 is 0 Å². The van der Waals surface area contributed by atoms with Gasteiger partial charge >= 0.3 is 6.36 Å². The van der Waals surface area contributed by atoms with Crippen molar-refractivity contribution in [2.45, 2.75) is 69.2 Å². The summed E-state index contributed by atoms with van der Waals surface area (Å²) in [5.74, 6) is -0.690. The van der Waals surface area contributed by atoms with Gasteiger partial charge in [-0.15, -0.1) is 13.2 Å². The van der Waals surface area contributed by atoms with E-state index in [2.05, 4.69) is 9.46 Å². The van der Waals surface area contributed by atoms with Crippen LogP contribution in [0, 0.1) is 29.1 Å². The average Bonchev–Trinajstić information content (AvgIpc) is 2.68. The molecule has 34 heavy (non-hydrogen) atoms. The third-order valence-electron chi connectivity index (χ3n) is 7.86. The fourth-order valence-corrected chi connectivity index (χ4v) is 8.09. The summed E-state index contributed by atoms with van der Waals surface area (Å²) >= 11 is 0. The molecular weight excluding hydrogens is 473 g/mol. The third-order valence-corrected chi connectivity index (χ3v) is 9.56. The summed E-state index contributed by atoms with van der Waals surface area (Å²) in [6, 6.07) is 4.39. The van der Waals surface area contributed by atoms with Gasteiger partial charge in [-0.2, -0.15) is 4.72 Å². The van der Waals surface area contributed by atoms with Gasteiger partial charge in [-0.3, -0.25) is 9.59 Å². The fourth-order valence-electron chi connectivity index (χ4n) is 6.56. The van der Waals surface area contributed by atoms with Crippen LogP contribution < -0.4 is 15.2 Å². The minimum atomic E-state index is -5.07. The van der Waals surface area contributed by atoms with Crippen molar-refractivity contribution in [2.24, 2.45) is 34.8 Å². The van der Waals surface area contributed by atoms with Gasteiger partial charge in [0.2, 0.25) is 15.9 Å². The summed E-state index contributed by atoms with van der Waals surface area (Å²) in [5, 5.41) is 0. The number of hydrogen-bond acceptors (Lipinski definition) is 5. The highest BCUT2D eigenvalue weighted by Crippen LogP contribution is 2.62. The summed E-state index contributed by atoms with van der Waals surface area (Å²) in [6.07, 6.45) is -0.967. The molecule has 3 N–H and O–H groups in total. The number of benzene rings is 1. The minimum absolute atomic E-state index is 0.0288. The molecule has 0 aromatic heterocycles. The van der Waals surface area contributed by atoms with E-state index in [9.17, 15) is 31.2 Å². The maximum atomic E-state index is 13.3. The quantitative estimate of drug-likeness (QED) is 0.564. The predicted octanol–water partition coefficient (Wildman–Crippen LogP) is 3.53. The molecule has 188 valence electrons. The Morgan fingerprint density at radius 2 is 1.71 bits per heavy atom. The van der Waals surface area contributed by atoms with Gasteiger partial charge in [0, 0.05) is 11.8 Å². The number of hydrogen-bond donors (Lipinski definition) is 2. The largest absolute Gasteiger partial charge is 0.573 e. The molecule has 4 saturated carbocycles. The van der Waals surface area contributed by atoms with E-state index in [-0.39, 0.29) is 35.9 Å². The van der Waals surface area contributed by atoms with Crippen LogP contribution in [0.3, 0.4) is 0 Å². The van der Waals surface area contributed by atoms with Crippen LogP contribution in [0.15, 0.2) is 29.2 Å². The lowest BCUT2D eigenvalue weighted by atomic mass is 9.45. The van der Waals surface area contributed by atoms with Crippen molar-refractivity contribution in [1.82, 2.24) is 4.72 Å². The molecule has 4 aliphatic carbocycles. The van der Waals surface area contributed by atoms with Crippen molar-refractivity contribution in [3.8, 4) is 5.75 Å². The zero-order chi connectivity index (χ0) is 25.1. The number of ether oxygens (including phenoxy) is 1. The van der Waals surface area contributed by atoms with Crippen molar-refractivity contribution in [3.05, 3.63) is 24.3 Å². The zero-order valence-electron chi connectivity index (χ0n) is 19.0. The van der Waals surface area contributed by atoms with Crippen molar-refractivity contribution in [2.75, 3.05) is 0 Å². The van der Waals surface area contributed by atoms with E-state index in [1.807, 2.05) is 0 Å². The van der Waals surface area contributed by atoms with Gasteiger partial charge in [0.25, 0.3) is 0 Å². The molecule has 0 spiro atoms. The molecule has 1 aromatic carbocycles. The monoisotopic (exact) mass is 502 g/mol. The maximum absolute atomic E-state index is 13.3. The second-order valence-corrected chi connectivity index (χ2v) is 12.3. The first-order valence-electron chi connectivity index (χ1n) is 11.3. The first-order valence-corrected chi connectivity index (χ1v) is 12.8.